The van der Waals surface area contributed by atoms with Gasteiger partial charge in [-0.1, -0.05) is 13.0 Å². The fourth-order valence-electron chi connectivity index (χ4n) is 2.42. The van der Waals surface area contributed by atoms with Gasteiger partial charge in [0, 0.05) is 17.3 Å². The molecule has 0 aliphatic carbocycles. The van der Waals surface area contributed by atoms with Crippen LogP contribution in [-0.4, -0.2) is 42.4 Å². The number of carbonyl (C=O) groups is 1. The Labute approximate surface area is 147 Å². The second-order valence-electron chi connectivity index (χ2n) is 5.70. The van der Waals surface area contributed by atoms with Gasteiger partial charge in [-0.05, 0) is 50.3 Å². The van der Waals surface area contributed by atoms with E-state index in [0.29, 0.717) is 18.8 Å². The molecule has 0 bridgehead atoms. The molecule has 0 amide bonds. The third kappa shape index (κ3) is 6.71. The first kappa shape index (κ1) is 19.1. The van der Waals surface area contributed by atoms with Crippen molar-refractivity contribution in [2.24, 2.45) is 0 Å². The van der Waals surface area contributed by atoms with Crippen molar-refractivity contribution in [2.45, 2.75) is 56.3 Å². The fraction of sp³-hybridized carbons (Fsp3) is 0.611. The second kappa shape index (κ2) is 10.6. The Kier molecular flexibility index (Phi) is 8.42. The van der Waals surface area contributed by atoms with Crippen LogP contribution in [0.1, 0.15) is 39.0 Å². The van der Waals surface area contributed by atoms with Gasteiger partial charge in [0.1, 0.15) is 5.75 Å². The predicted molar refractivity (Wildman–Crippen MR) is 93.7 cm³/mol. The molecule has 2 atom stereocenters. The van der Waals surface area contributed by atoms with Crippen LogP contribution in [0, 0.1) is 0 Å². The monoisotopic (exact) mass is 354 g/mol. The number of carboxylic acids is 1. The van der Waals surface area contributed by atoms with E-state index in [0.717, 1.165) is 36.5 Å². The summed E-state index contributed by atoms with van der Waals surface area (Å²) in [6.45, 7) is 3.31. The van der Waals surface area contributed by atoms with E-state index < -0.39 is 12.1 Å². The summed E-state index contributed by atoms with van der Waals surface area (Å²) >= 11 is 1.72. The van der Waals surface area contributed by atoms with Gasteiger partial charge < -0.3 is 19.3 Å². The van der Waals surface area contributed by atoms with Crippen molar-refractivity contribution in [2.75, 3.05) is 19.0 Å². The van der Waals surface area contributed by atoms with Gasteiger partial charge in [-0.25, -0.2) is 4.79 Å². The summed E-state index contributed by atoms with van der Waals surface area (Å²) in [5, 5.41) is 9.06. The molecule has 1 N–H and O–H groups in total. The van der Waals surface area contributed by atoms with Crippen molar-refractivity contribution in [1.82, 2.24) is 0 Å². The van der Waals surface area contributed by atoms with Gasteiger partial charge in [0.05, 0.1) is 6.61 Å². The molecule has 24 heavy (non-hydrogen) atoms. The molecule has 1 saturated heterocycles. The molecule has 0 saturated carbocycles. The number of rotatable bonds is 10. The lowest BCUT2D eigenvalue weighted by molar-refractivity contribution is -0.162. The summed E-state index contributed by atoms with van der Waals surface area (Å²) in [5.41, 5.74) is 0. The van der Waals surface area contributed by atoms with Gasteiger partial charge in [-0.15, -0.1) is 11.8 Å². The first-order valence-corrected chi connectivity index (χ1v) is 9.53. The van der Waals surface area contributed by atoms with E-state index in [1.165, 1.54) is 6.42 Å². The third-order valence-electron chi connectivity index (χ3n) is 3.73. The molecule has 0 radical (unpaired) electrons. The molecule has 1 fully saturated rings. The zero-order valence-electron chi connectivity index (χ0n) is 14.1. The molecule has 1 aliphatic heterocycles. The second-order valence-corrected chi connectivity index (χ2v) is 6.87. The van der Waals surface area contributed by atoms with Gasteiger partial charge in [0.25, 0.3) is 0 Å². The first-order chi connectivity index (χ1) is 11.7. The number of thioether (sulfide) groups is 1. The van der Waals surface area contributed by atoms with Gasteiger partial charge in [0.15, 0.2) is 12.4 Å². The predicted octanol–water partition coefficient (Wildman–Crippen LogP) is 3.95. The smallest absolute Gasteiger partial charge is 0.344 e. The number of hydrogen-bond donors (Lipinski definition) is 1. The quantitative estimate of drug-likeness (QED) is 0.507. The molecule has 1 unspecified atom stereocenters. The minimum Gasteiger partial charge on any atom is -0.479 e. The van der Waals surface area contributed by atoms with Crippen LogP contribution in [0.25, 0.3) is 0 Å². The van der Waals surface area contributed by atoms with E-state index >= 15 is 0 Å². The Morgan fingerprint density at radius 1 is 1.46 bits per heavy atom. The molecule has 1 aliphatic rings. The Bertz CT molecular complexity index is 502. The van der Waals surface area contributed by atoms with Crippen molar-refractivity contribution in [3.8, 4) is 5.75 Å². The summed E-state index contributed by atoms with van der Waals surface area (Å²) < 4.78 is 16.8. The lowest BCUT2D eigenvalue weighted by Gasteiger charge is -2.22. The highest BCUT2D eigenvalue weighted by atomic mass is 32.2. The van der Waals surface area contributed by atoms with Gasteiger partial charge in [0.2, 0.25) is 0 Å². The normalized spacial score (nSPS) is 19.0. The number of benzene rings is 1. The van der Waals surface area contributed by atoms with Crippen molar-refractivity contribution < 1.29 is 24.1 Å². The molecule has 1 aromatic carbocycles. The largest absolute Gasteiger partial charge is 0.479 e. The van der Waals surface area contributed by atoms with E-state index in [4.69, 9.17) is 19.3 Å². The minimum absolute atomic E-state index is 0.0255. The lowest BCUT2D eigenvalue weighted by Crippen LogP contribution is -2.25. The first-order valence-electron chi connectivity index (χ1n) is 8.54. The summed E-state index contributed by atoms with van der Waals surface area (Å²) in [7, 11) is 0. The van der Waals surface area contributed by atoms with Crippen molar-refractivity contribution in [1.29, 1.82) is 0 Å². The maximum Gasteiger partial charge on any atom is 0.344 e. The van der Waals surface area contributed by atoms with Crippen LogP contribution in [0.4, 0.5) is 0 Å². The molecule has 134 valence electrons. The van der Waals surface area contributed by atoms with Crippen LogP contribution in [0.15, 0.2) is 29.2 Å². The summed E-state index contributed by atoms with van der Waals surface area (Å²) in [4.78, 5) is 12.1. The number of hydrogen-bond acceptors (Lipinski definition) is 5. The number of aliphatic carboxylic acids is 1. The molecule has 1 heterocycles. The van der Waals surface area contributed by atoms with E-state index in [9.17, 15) is 4.79 Å². The highest BCUT2D eigenvalue weighted by molar-refractivity contribution is 7.99. The van der Waals surface area contributed by atoms with Gasteiger partial charge >= 0.3 is 5.97 Å². The van der Waals surface area contributed by atoms with Gasteiger partial charge in [-0.2, -0.15) is 0 Å². The molecular formula is C18H26O5S. The molecule has 1 aromatic rings. The Hall–Kier alpha value is -1.24. The number of ether oxygens (including phenoxy) is 3. The van der Waals surface area contributed by atoms with E-state index in [1.807, 2.05) is 18.2 Å². The van der Waals surface area contributed by atoms with Crippen LogP contribution < -0.4 is 4.74 Å². The molecule has 0 aromatic heterocycles. The van der Waals surface area contributed by atoms with Crippen LogP contribution in [0.3, 0.4) is 0 Å². The van der Waals surface area contributed by atoms with Crippen LogP contribution in [0.5, 0.6) is 5.75 Å². The average Bonchev–Trinajstić information content (AvgIpc) is 2.60. The molecule has 2 rings (SSSR count). The Morgan fingerprint density at radius 3 is 3.04 bits per heavy atom. The topological polar surface area (TPSA) is 65.0 Å². The van der Waals surface area contributed by atoms with Crippen molar-refractivity contribution in [3.63, 3.8) is 0 Å². The third-order valence-corrected chi connectivity index (χ3v) is 4.81. The maximum absolute atomic E-state index is 11.0. The van der Waals surface area contributed by atoms with Crippen LogP contribution in [0.2, 0.25) is 0 Å². The molecular weight excluding hydrogens is 328 g/mol. The number of carboxylic acid groups (broad SMARTS) is 1. The van der Waals surface area contributed by atoms with Crippen molar-refractivity contribution in [3.05, 3.63) is 24.3 Å². The lowest BCUT2D eigenvalue weighted by atomic mass is 10.2. The van der Waals surface area contributed by atoms with Crippen LogP contribution in [-0.2, 0) is 14.3 Å². The van der Waals surface area contributed by atoms with Crippen LogP contribution >= 0.6 is 11.8 Å². The summed E-state index contributed by atoms with van der Waals surface area (Å²) in [6.07, 6.45) is 3.87. The Morgan fingerprint density at radius 2 is 2.33 bits per heavy atom. The fourth-order valence-corrected chi connectivity index (χ4v) is 3.29. The minimum atomic E-state index is -0.933. The van der Waals surface area contributed by atoms with E-state index in [-0.39, 0.29) is 6.29 Å². The zero-order valence-corrected chi connectivity index (χ0v) is 14.9. The standard InChI is InChI=1S/C18H26O5S/c1-2-16(18(19)20)23-14-7-5-8-15(13-14)24-12-6-11-22-17-9-3-4-10-21-17/h5,7-8,13,16-17H,2-4,6,9-12H2,1H3,(H,19,20)/t16-,17?/m0/s1. The molecule has 6 heteroatoms. The zero-order chi connectivity index (χ0) is 17.2. The highest BCUT2D eigenvalue weighted by Gasteiger charge is 2.17. The highest BCUT2D eigenvalue weighted by Crippen LogP contribution is 2.25. The molecule has 0 spiro atoms. The molecule has 5 nitrogen and oxygen atoms in total. The van der Waals surface area contributed by atoms with E-state index in [1.54, 1.807) is 24.8 Å². The SMILES string of the molecule is CC[C@H](Oc1cccc(SCCCOC2CCCCO2)c1)C(=O)O. The van der Waals surface area contributed by atoms with Gasteiger partial charge in [-0.3, -0.25) is 0 Å². The average molecular weight is 354 g/mol. The Balaban J connectivity index is 1.68. The van der Waals surface area contributed by atoms with Crippen molar-refractivity contribution >= 4 is 17.7 Å². The summed E-state index contributed by atoms with van der Waals surface area (Å²) in [6, 6.07) is 7.57. The summed E-state index contributed by atoms with van der Waals surface area (Å²) in [5.74, 6) is 0.602. The van der Waals surface area contributed by atoms with E-state index in [2.05, 4.69) is 0 Å². The maximum atomic E-state index is 11.0.